The molecule has 3 heterocycles. The highest BCUT2D eigenvalue weighted by Gasteiger charge is 2.19. The van der Waals surface area contributed by atoms with Gasteiger partial charge in [-0.1, -0.05) is 24.3 Å². The number of hydrogen-bond donors (Lipinski definition) is 1. The summed E-state index contributed by atoms with van der Waals surface area (Å²) < 4.78 is 0. The van der Waals surface area contributed by atoms with Crippen LogP contribution in [-0.4, -0.2) is 22.8 Å². The van der Waals surface area contributed by atoms with E-state index in [0.717, 1.165) is 27.2 Å². The summed E-state index contributed by atoms with van der Waals surface area (Å²) in [6, 6.07) is 19.2. The Balaban J connectivity index is 1.36. The molecule has 0 saturated carbocycles. The van der Waals surface area contributed by atoms with Gasteiger partial charge >= 0.3 is 0 Å². The van der Waals surface area contributed by atoms with E-state index in [4.69, 9.17) is 0 Å². The normalized spacial score (nSPS) is 12.7. The molecule has 30 heavy (non-hydrogen) atoms. The maximum absolute atomic E-state index is 12.3. The van der Waals surface area contributed by atoms with Gasteiger partial charge in [0.25, 0.3) is 0 Å². The number of fused-ring (bicyclic) bond motifs is 2. The van der Waals surface area contributed by atoms with Gasteiger partial charge in [-0.2, -0.15) is 10.4 Å². The van der Waals surface area contributed by atoms with Gasteiger partial charge in [-0.05, 0) is 40.8 Å². The van der Waals surface area contributed by atoms with E-state index in [0.29, 0.717) is 30.5 Å². The van der Waals surface area contributed by atoms with Gasteiger partial charge in [0, 0.05) is 41.2 Å². The van der Waals surface area contributed by atoms with E-state index in [1.54, 1.807) is 17.4 Å². The van der Waals surface area contributed by atoms with Crippen LogP contribution in [0.25, 0.3) is 22.0 Å². The first-order chi connectivity index (χ1) is 14.7. The molecule has 5 rings (SSSR count). The second kappa shape index (κ2) is 7.62. The van der Waals surface area contributed by atoms with Crippen molar-refractivity contribution in [3.8, 4) is 17.2 Å². The third kappa shape index (κ3) is 3.40. The van der Waals surface area contributed by atoms with Crippen molar-refractivity contribution in [2.24, 2.45) is 5.10 Å². The summed E-state index contributed by atoms with van der Waals surface area (Å²) in [4.78, 5) is 16.9. The molecule has 0 unspecified atom stereocenters. The van der Waals surface area contributed by atoms with Crippen molar-refractivity contribution in [1.29, 1.82) is 5.26 Å². The first-order valence-corrected chi connectivity index (χ1v) is 10.6. The number of benzene rings is 2. The zero-order valence-corrected chi connectivity index (χ0v) is 16.9. The van der Waals surface area contributed by atoms with E-state index in [2.05, 4.69) is 21.5 Å². The maximum atomic E-state index is 12.3. The number of rotatable bonds is 4. The van der Waals surface area contributed by atoms with Crippen LogP contribution in [0.4, 0.5) is 0 Å². The molecule has 146 valence electrons. The number of hydrazone groups is 1. The van der Waals surface area contributed by atoms with Gasteiger partial charge in [0.05, 0.1) is 29.3 Å². The molecular weight excluding hydrogens is 392 g/mol. The lowest BCUT2D eigenvalue weighted by Gasteiger charge is -2.23. The lowest BCUT2D eigenvalue weighted by atomic mass is 10.0. The van der Waals surface area contributed by atoms with Crippen LogP contribution in [0.1, 0.15) is 21.7 Å². The number of nitrogens with one attached hydrogen (secondary N) is 1. The highest BCUT2D eigenvalue weighted by Crippen LogP contribution is 2.34. The molecule has 0 fully saturated rings. The minimum Gasteiger partial charge on any atom is -0.358 e. The average molecular weight is 411 g/mol. The number of nitriles is 1. The van der Waals surface area contributed by atoms with Crippen LogP contribution < -0.4 is 5.43 Å². The van der Waals surface area contributed by atoms with Crippen LogP contribution >= 0.6 is 11.3 Å². The Morgan fingerprint density at radius 2 is 2.07 bits per heavy atom. The standard InChI is InChI=1S/C24H18N4OS/c25-12-16-4-3-5-17(10-16)21-15-30-24-13-26-28(14-20(21)24)9-8-18-11-23(29)19-6-1-2-7-22(19)27-18/h1-7,10-11,13,15H,8-9,14H2,(H,27,29). The van der Waals surface area contributed by atoms with E-state index in [9.17, 15) is 10.1 Å². The van der Waals surface area contributed by atoms with Crippen molar-refractivity contribution in [2.75, 3.05) is 6.54 Å². The first kappa shape index (κ1) is 18.3. The number of para-hydroxylation sites is 1. The molecule has 0 aliphatic carbocycles. The summed E-state index contributed by atoms with van der Waals surface area (Å²) in [5, 5.41) is 18.7. The van der Waals surface area contributed by atoms with Gasteiger partial charge in [0.15, 0.2) is 5.43 Å². The zero-order valence-electron chi connectivity index (χ0n) is 16.1. The Morgan fingerprint density at radius 1 is 1.17 bits per heavy atom. The largest absolute Gasteiger partial charge is 0.358 e. The van der Waals surface area contributed by atoms with Crippen LogP contribution in [-0.2, 0) is 13.0 Å². The Bertz CT molecular complexity index is 1380. The topological polar surface area (TPSA) is 72.2 Å². The Labute approximate surface area is 177 Å². The Kier molecular flexibility index (Phi) is 4.66. The summed E-state index contributed by atoms with van der Waals surface area (Å²) in [6.07, 6.45) is 2.61. The number of aromatic nitrogens is 1. The molecule has 6 heteroatoms. The Morgan fingerprint density at radius 3 is 2.97 bits per heavy atom. The molecule has 1 N–H and O–H groups in total. The van der Waals surface area contributed by atoms with Gasteiger partial charge in [-0.15, -0.1) is 11.3 Å². The predicted molar refractivity (Wildman–Crippen MR) is 121 cm³/mol. The molecule has 0 spiro atoms. The van der Waals surface area contributed by atoms with E-state index >= 15 is 0 Å². The first-order valence-electron chi connectivity index (χ1n) is 9.72. The summed E-state index contributed by atoms with van der Waals surface area (Å²) in [5.41, 5.74) is 5.92. The fourth-order valence-corrected chi connectivity index (χ4v) is 4.75. The summed E-state index contributed by atoms with van der Waals surface area (Å²) in [7, 11) is 0. The van der Waals surface area contributed by atoms with Crippen LogP contribution in [0.15, 0.2) is 69.9 Å². The van der Waals surface area contributed by atoms with Crippen molar-refractivity contribution in [3.63, 3.8) is 0 Å². The molecule has 1 aliphatic rings. The monoisotopic (exact) mass is 410 g/mol. The van der Waals surface area contributed by atoms with Crippen molar-refractivity contribution in [3.05, 3.63) is 91.9 Å². The lowest BCUT2D eigenvalue weighted by Crippen LogP contribution is -2.24. The van der Waals surface area contributed by atoms with E-state index in [1.165, 1.54) is 5.56 Å². The van der Waals surface area contributed by atoms with E-state index in [1.807, 2.05) is 59.8 Å². The molecule has 0 atom stereocenters. The molecule has 2 aromatic heterocycles. The van der Waals surface area contributed by atoms with Crippen LogP contribution in [0, 0.1) is 11.3 Å². The zero-order chi connectivity index (χ0) is 20.5. The molecular formula is C24H18N4OS. The van der Waals surface area contributed by atoms with Crippen LogP contribution in [0.3, 0.4) is 0 Å². The van der Waals surface area contributed by atoms with Gasteiger partial charge in [-0.25, -0.2) is 0 Å². The number of H-pyrrole nitrogens is 1. The molecule has 4 aromatic rings. The number of aromatic amines is 1. The van der Waals surface area contributed by atoms with Gasteiger partial charge in [0.1, 0.15) is 0 Å². The van der Waals surface area contributed by atoms with Crippen LogP contribution in [0.5, 0.6) is 0 Å². The summed E-state index contributed by atoms with van der Waals surface area (Å²) in [5.74, 6) is 0. The van der Waals surface area contributed by atoms with E-state index < -0.39 is 0 Å². The molecule has 5 nitrogen and oxygen atoms in total. The van der Waals surface area contributed by atoms with Gasteiger partial charge in [0.2, 0.25) is 0 Å². The molecule has 0 saturated heterocycles. The number of nitrogens with zero attached hydrogens (tertiary/aromatic N) is 3. The molecule has 0 amide bonds. The quantitative estimate of drug-likeness (QED) is 0.538. The molecule has 0 radical (unpaired) electrons. The lowest BCUT2D eigenvalue weighted by molar-refractivity contribution is 0.280. The van der Waals surface area contributed by atoms with Crippen molar-refractivity contribution in [2.45, 2.75) is 13.0 Å². The average Bonchev–Trinajstić information content (AvgIpc) is 3.21. The molecule has 2 aromatic carbocycles. The number of thiophene rings is 1. The second-order valence-corrected chi connectivity index (χ2v) is 8.18. The minimum atomic E-state index is 0.0428. The smallest absolute Gasteiger partial charge is 0.189 e. The Hall–Kier alpha value is -3.69. The number of hydrogen-bond acceptors (Lipinski definition) is 5. The highest BCUT2D eigenvalue weighted by molar-refractivity contribution is 7.12. The predicted octanol–water partition coefficient (Wildman–Crippen LogP) is 4.52. The SMILES string of the molecule is N#Cc1cccc(-c2csc3c2CN(CCc2cc(=O)c4ccccc4[nH]2)N=C3)c1. The second-order valence-electron chi connectivity index (χ2n) is 7.27. The van der Waals surface area contributed by atoms with Gasteiger partial charge in [-0.3, -0.25) is 9.80 Å². The summed E-state index contributed by atoms with van der Waals surface area (Å²) >= 11 is 1.67. The fourth-order valence-electron chi connectivity index (χ4n) is 3.80. The molecule has 0 bridgehead atoms. The van der Waals surface area contributed by atoms with Crippen LogP contribution in [0.2, 0.25) is 0 Å². The third-order valence-corrected chi connectivity index (χ3v) is 6.30. The van der Waals surface area contributed by atoms with Crippen molar-refractivity contribution in [1.82, 2.24) is 9.99 Å². The van der Waals surface area contributed by atoms with Crippen molar-refractivity contribution >= 4 is 28.5 Å². The van der Waals surface area contributed by atoms with Gasteiger partial charge < -0.3 is 4.98 Å². The minimum absolute atomic E-state index is 0.0428. The number of pyridine rings is 1. The fraction of sp³-hybridized carbons (Fsp3) is 0.125. The maximum Gasteiger partial charge on any atom is 0.189 e. The summed E-state index contributed by atoms with van der Waals surface area (Å²) in [6.45, 7) is 1.41. The van der Waals surface area contributed by atoms with E-state index in [-0.39, 0.29) is 5.43 Å². The highest BCUT2D eigenvalue weighted by atomic mass is 32.1. The molecule has 1 aliphatic heterocycles. The van der Waals surface area contributed by atoms with Crippen molar-refractivity contribution < 1.29 is 0 Å². The third-order valence-electron chi connectivity index (χ3n) is 5.34.